The average molecular weight is 347 g/mol. The number of hydrogen-bond donors (Lipinski definition) is 1. The molecule has 1 saturated carbocycles. The molecule has 0 amide bonds. The van der Waals surface area contributed by atoms with E-state index in [1.807, 2.05) is 0 Å². The minimum atomic E-state index is 0.0871. The second-order valence-electron chi connectivity index (χ2n) is 8.03. The first-order valence-corrected chi connectivity index (χ1v) is 9.53. The summed E-state index contributed by atoms with van der Waals surface area (Å²) >= 11 is 0. The third-order valence-electron chi connectivity index (χ3n) is 6.06. The Labute approximate surface area is 149 Å². The van der Waals surface area contributed by atoms with Gasteiger partial charge in [-0.15, -0.1) is 0 Å². The van der Waals surface area contributed by atoms with Crippen LogP contribution in [0.3, 0.4) is 0 Å². The summed E-state index contributed by atoms with van der Waals surface area (Å²) in [6, 6.07) is 0.706. The fraction of sp³-hybridized carbons (Fsp3) is 0.833. The number of rotatable bonds is 4. The van der Waals surface area contributed by atoms with Gasteiger partial charge in [0, 0.05) is 37.1 Å². The van der Waals surface area contributed by atoms with Crippen LogP contribution in [0, 0.1) is 11.3 Å². The molecule has 25 heavy (non-hydrogen) atoms. The normalized spacial score (nSPS) is 31.0. The van der Waals surface area contributed by atoms with Crippen LogP contribution in [0.25, 0.3) is 0 Å². The Morgan fingerprint density at radius 2 is 1.88 bits per heavy atom. The van der Waals surface area contributed by atoms with Gasteiger partial charge in [-0.2, -0.15) is 15.0 Å². The third-order valence-corrected chi connectivity index (χ3v) is 6.06. The number of nitrogens with one attached hydrogen (secondary N) is 1. The third kappa shape index (κ3) is 3.03. The minimum absolute atomic E-state index is 0.0871. The van der Waals surface area contributed by atoms with Crippen molar-refractivity contribution < 1.29 is 9.47 Å². The molecule has 7 heteroatoms. The summed E-state index contributed by atoms with van der Waals surface area (Å²) in [5, 5.41) is 3.56. The molecule has 2 saturated heterocycles. The fourth-order valence-corrected chi connectivity index (χ4v) is 4.67. The maximum absolute atomic E-state index is 5.89. The van der Waals surface area contributed by atoms with Gasteiger partial charge in [-0.05, 0) is 19.3 Å². The van der Waals surface area contributed by atoms with Crippen molar-refractivity contribution >= 4 is 11.9 Å². The molecule has 1 aromatic rings. The maximum atomic E-state index is 5.89. The van der Waals surface area contributed by atoms with Gasteiger partial charge in [0.05, 0.1) is 13.2 Å². The number of methoxy groups -OCH3 is 1. The largest absolute Gasteiger partial charge is 0.467 e. The van der Waals surface area contributed by atoms with Crippen LogP contribution in [0.1, 0.15) is 46.0 Å². The lowest BCUT2D eigenvalue weighted by molar-refractivity contribution is -0.0925. The molecule has 0 aromatic carbocycles. The zero-order chi connectivity index (χ0) is 17.4. The van der Waals surface area contributed by atoms with Crippen LogP contribution in [0.4, 0.5) is 11.9 Å². The van der Waals surface area contributed by atoms with Crippen molar-refractivity contribution in [2.75, 3.05) is 37.0 Å². The Hall–Kier alpha value is -1.63. The Kier molecular flexibility index (Phi) is 4.43. The first-order valence-electron chi connectivity index (χ1n) is 9.53. The lowest BCUT2D eigenvalue weighted by Gasteiger charge is -2.54. The maximum Gasteiger partial charge on any atom is 0.322 e. The zero-order valence-corrected chi connectivity index (χ0v) is 15.5. The van der Waals surface area contributed by atoms with Crippen LogP contribution in [0.2, 0.25) is 0 Å². The lowest BCUT2D eigenvalue weighted by atomic mass is 9.57. The minimum Gasteiger partial charge on any atom is -0.467 e. The Bertz CT molecular complexity index is 615. The first-order chi connectivity index (χ1) is 12.1. The highest BCUT2D eigenvalue weighted by Gasteiger charge is 2.59. The molecule has 0 unspecified atom stereocenters. The Morgan fingerprint density at radius 3 is 2.60 bits per heavy atom. The van der Waals surface area contributed by atoms with Gasteiger partial charge in [-0.25, -0.2) is 0 Å². The van der Waals surface area contributed by atoms with E-state index in [0.29, 0.717) is 30.0 Å². The van der Waals surface area contributed by atoms with Crippen molar-refractivity contribution in [3.8, 4) is 6.01 Å². The summed E-state index contributed by atoms with van der Waals surface area (Å²) < 4.78 is 11.2. The van der Waals surface area contributed by atoms with Crippen LogP contribution in [-0.4, -0.2) is 53.9 Å². The molecule has 1 aliphatic carbocycles. The van der Waals surface area contributed by atoms with Gasteiger partial charge in [0.15, 0.2) is 0 Å². The molecule has 3 atom stereocenters. The monoisotopic (exact) mass is 347 g/mol. The lowest BCUT2D eigenvalue weighted by Crippen LogP contribution is -2.63. The molecule has 2 aliphatic heterocycles. The SMILES string of the molecule is COc1nc(N[C@@H]2[C@@H]3CCO[C@H]3C2(C)C)nc(N2CCCCCC2)n1. The summed E-state index contributed by atoms with van der Waals surface area (Å²) in [6.07, 6.45) is 6.39. The number of nitrogens with zero attached hydrogens (tertiary/aromatic N) is 4. The molecule has 3 aliphatic rings. The summed E-state index contributed by atoms with van der Waals surface area (Å²) in [5.41, 5.74) is 0.0871. The van der Waals surface area contributed by atoms with E-state index >= 15 is 0 Å². The van der Waals surface area contributed by atoms with Crippen molar-refractivity contribution in [3.05, 3.63) is 0 Å². The van der Waals surface area contributed by atoms with E-state index in [9.17, 15) is 0 Å². The van der Waals surface area contributed by atoms with Crippen LogP contribution >= 0.6 is 0 Å². The standard InChI is InChI=1S/C18H29N5O2/c1-18(2)13(12-8-11-25-14(12)18)19-15-20-16(22-17(21-15)24-3)23-9-6-4-5-7-10-23/h12-14H,4-11H2,1-3H3,(H,19,20,21,22)/t12-,13+,14+/m0/s1. The van der Waals surface area contributed by atoms with E-state index in [4.69, 9.17) is 14.5 Å². The van der Waals surface area contributed by atoms with Crippen molar-refractivity contribution in [1.82, 2.24) is 15.0 Å². The van der Waals surface area contributed by atoms with Gasteiger partial charge < -0.3 is 19.7 Å². The first kappa shape index (κ1) is 16.8. The number of anilines is 2. The van der Waals surface area contributed by atoms with Gasteiger partial charge in [0.25, 0.3) is 0 Å². The van der Waals surface area contributed by atoms with Crippen LogP contribution in [0.5, 0.6) is 6.01 Å². The van der Waals surface area contributed by atoms with E-state index in [0.717, 1.165) is 32.1 Å². The van der Waals surface area contributed by atoms with Gasteiger partial charge in [-0.1, -0.05) is 26.7 Å². The van der Waals surface area contributed by atoms with Gasteiger partial charge >= 0.3 is 6.01 Å². The highest BCUT2D eigenvalue weighted by atomic mass is 16.5. The highest BCUT2D eigenvalue weighted by molar-refractivity contribution is 5.41. The molecule has 1 aromatic heterocycles. The molecule has 0 spiro atoms. The van der Waals surface area contributed by atoms with E-state index in [-0.39, 0.29) is 5.41 Å². The van der Waals surface area contributed by atoms with Crippen LogP contribution in [0.15, 0.2) is 0 Å². The van der Waals surface area contributed by atoms with Crippen molar-refractivity contribution in [2.24, 2.45) is 11.3 Å². The van der Waals surface area contributed by atoms with Crippen molar-refractivity contribution in [1.29, 1.82) is 0 Å². The summed E-state index contributed by atoms with van der Waals surface area (Å²) in [7, 11) is 1.61. The molecule has 0 radical (unpaired) electrons. The van der Waals surface area contributed by atoms with E-state index in [1.165, 1.54) is 25.7 Å². The topological polar surface area (TPSA) is 72.4 Å². The molecule has 1 N–H and O–H groups in total. The van der Waals surface area contributed by atoms with Crippen molar-refractivity contribution in [3.63, 3.8) is 0 Å². The Balaban J connectivity index is 1.56. The number of ether oxygens (including phenoxy) is 2. The predicted octanol–water partition coefficient (Wildman–Crippen LogP) is 2.49. The van der Waals surface area contributed by atoms with Crippen LogP contribution in [-0.2, 0) is 4.74 Å². The van der Waals surface area contributed by atoms with E-state index in [1.54, 1.807) is 7.11 Å². The number of hydrogen-bond acceptors (Lipinski definition) is 7. The van der Waals surface area contributed by atoms with E-state index in [2.05, 4.69) is 34.0 Å². The zero-order valence-electron chi connectivity index (χ0n) is 15.5. The molecule has 138 valence electrons. The smallest absolute Gasteiger partial charge is 0.322 e. The van der Waals surface area contributed by atoms with Crippen molar-refractivity contribution in [2.45, 2.75) is 58.1 Å². The average Bonchev–Trinajstić information content (AvgIpc) is 2.90. The van der Waals surface area contributed by atoms with E-state index < -0.39 is 0 Å². The molecular weight excluding hydrogens is 318 g/mol. The molecule has 3 fully saturated rings. The second-order valence-corrected chi connectivity index (χ2v) is 8.03. The predicted molar refractivity (Wildman–Crippen MR) is 96.1 cm³/mol. The second kappa shape index (κ2) is 6.59. The highest BCUT2D eigenvalue weighted by Crippen LogP contribution is 2.53. The molecule has 0 bridgehead atoms. The summed E-state index contributed by atoms with van der Waals surface area (Å²) in [5.74, 6) is 1.89. The van der Waals surface area contributed by atoms with Gasteiger partial charge in [0.2, 0.25) is 11.9 Å². The molecule has 4 rings (SSSR count). The van der Waals surface area contributed by atoms with Gasteiger partial charge in [0.1, 0.15) is 0 Å². The Morgan fingerprint density at radius 1 is 1.12 bits per heavy atom. The quantitative estimate of drug-likeness (QED) is 0.897. The molecular formula is C18H29N5O2. The summed E-state index contributed by atoms with van der Waals surface area (Å²) in [4.78, 5) is 15.9. The number of fused-ring (bicyclic) bond motifs is 1. The molecule has 7 nitrogen and oxygen atoms in total. The van der Waals surface area contributed by atoms with Crippen LogP contribution < -0.4 is 15.0 Å². The number of aromatic nitrogens is 3. The molecule has 3 heterocycles. The van der Waals surface area contributed by atoms with Gasteiger partial charge in [-0.3, -0.25) is 0 Å². The fourth-order valence-electron chi connectivity index (χ4n) is 4.67. The summed E-state index contributed by atoms with van der Waals surface area (Å²) in [6.45, 7) is 7.37.